The van der Waals surface area contributed by atoms with Gasteiger partial charge in [-0.05, 0) is 36.6 Å². The minimum Gasteiger partial charge on any atom is -0.454 e. The lowest BCUT2D eigenvalue weighted by Crippen LogP contribution is -2.31. The van der Waals surface area contributed by atoms with Crippen LogP contribution in [0, 0.1) is 0 Å². The van der Waals surface area contributed by atoms with Gasteiger partial charge in [0, 0.05) is 24.7 Å². The number of benzene rings is 2. The summed E-state index contributed by atoms with van der Waals surface area (Å²) in [6.45, 7) is 0.773. The van der Waals surface area contributed by atoms with Gasteiger partial charge in [-0.1, -0.05) is 55.3 Å². The molecule has 6 nitrogen and oxygen atoms in total. The normalized spacial score (nSPS) is 15.6. The molecule has 0 saturated carbocycles. The molecule has 3 rings (SSSR count). The van der Waals surface area contributed by atoms with Crippen molar-refractivity contribution in [3.8, 4) is 0 Å². The quantitative estimate of drug-likeness (QED) is 0.382. The molecule has 0 radical (unpaired) electrons. The van der Waals surface area contributed by atoms with Gasteiger partial charge in [-0.15, -0.1) is 0 Å². The van der Waals surface area contributed by atoms with Crippen LogP contribution < -0.4 is 0 Å². The smallest absolute Gasteiger partial charge is 0.331 e. The van der Waals surface area contributed by atoms with E-state index in [1.807, 2.05) is 0 Å². The van der Waals surface area contributed by atoms with Crippen LogP contribution in [0.1, 0.15) is 41.6 Å². The van der Waals surface area contributed by atoms with E-state index in [4.69, 9.17) is 4.74 Å². The van der Waals surface area contributed by atoms with Crippen LogP contribution >= 0.6 is 0 Å². The Kier molecular flexibility index (Phi) is 7.54. The number of nitrogens with zero attached hydrogens (tertiary/aromatic N) is 1. The van der Waals surface area contributed by atoms with Gasteiger partial charge in [0.25, 0.3) is 0 Å². The van der Waals surface area contributed by atoms with Crippen molar-refractivity contribution in [2.24, 2.45) is 0 Å². The van der Waals surface area contributed by atoms with Gasteiger partial charge in [0.1, 0.15) is 0 Å². The van der Waals surface area contributed by atoms with Crippen molar-refractivity contribution < 1.29 is 22.7 Å². The van der Waals surface area contributed by atoms with Crippen molar-refractivity contribution in [2.75, 3.05) is 19.7 Å². The standard InChI is InChI=1S/C23H25NO5S/c25-22(20-8-4-3-5-9-20)18-29-23(26)15-12-19-10-13-21(14-11-19)30(27,28)24-16-6-1-2-7-17-24/h3-5,8-15H,1-2,6-7,16-18H2. The summed E-state index contributed by atoms with van der Waals surface area (Å²) in [4.78, 5) is 24.0. The average Bonchev–Trinajstić information content (AvgIpc) is 3.07. The summed E-state index contributed by atoms with van der Waals surface area (Å²) in [5.41, 5.74) is 1.15. The van der Waals surface area contributed by atoms with Gasteiger partial charge in [-0.2, -0.15) is 4.31 Å². The summed E-state index contributed by atoms with van der Waals surface area (Å²) in [6, 6.07) is 15.0. The number of carbonyl (C=O) groups is 2. The summed E-state index contributed by atoms with van der Waals surface area (Å²) in [7, 11) is -3.50. The second-order valence-electron chi connectivity index (χ2n) is 7.12. The Morgan fingerprint density at radius 1 is 0.900 bits per heavy atom. The minimum absolute atomic E-state index is 0.248. The molecule has 1 saturated heterocycles. The zero-order chi connectivity index (χ0) is 21.4. The third-order valence-electron chi connectivity index (χ3n) is 4.94. The molecule has 0 bridgehead atoms. The lowest BCUT2D eigenvalue weighted by Gasteiger charge is -2.19. The fraction of sp³-hybridized carbons (Fsp3) is 0.304. The predicted molar refractivity (Wildman–Crippen MR) is 114 cm³/mol. The molecule has 0 aromatic heterocycles. The molecule has 1 aliphatic heterocycles. The van der Waals surface area contributed by atoms with E-state index in [0.29, 0.717) is 24.2 Å². The molecule has 0 atom stereocenters. The Balaban J connectivity index is 1.56. The second kappa shape index (κ2) is 10.3. The Morgan fingerprint density at radius 2 is 1.53 bits per heavy atom. The lowest BCUT2D eigenvalue weighted by molar-refractivity contribution is -0.136. The number of hydrogen-bond donors (Lipinski definition) is 0. The molecule has 0 spiro atoms. The van der Waals surface area contributed by atoms with Gasteiger partial charge in [0.05, 0.1) is 4.90 Å². The number of ketones is 1. The van der Waals surface area contributed by atoms with Crippen molar-refractivity contribution in [2.45, 2.75) is 30.6 Å². The van der Waals surface area contributed by atoms with E-state index < -0.39 is 16.0 Å². The van der Waals surface area contributed by atoms with Crippen molar-refractivity contribution in [3.63, 3.8) is 0 Å². The van der Waals surface area contributed by atoms with E-state index >= 15 is 0 Å². The fourth-order valence-electron chi connectivity index (χ4n) is 3.24. The van der Waals surface area contributed by atoms with Crippen molar-refractivity contribution in [3.05, 3.63) is 71.8 Å². The number of carbonyl (C=O) groups excluding carboxylic acids is 2. The van der Waals surface area contributed by atoms with Crippen molar-refractivity contribution >= 4 is 27.9 Å². The van der Waals surface area contributed by atoms with Crippen LogP contribution in [0.25, 0.3) is 6.08 Å². The first-order chi connectivity index (χ1) is 14.5. The second-order valence-corrected chi connectivity index (χ2v) is 9.06. The summed E-state index contributed by atoms with van der Waals surface area (Å²) in [5, 5.41) is 0. The van der Waals surface area contributed by atoms with Gasteiger partial charge < -0.3 is 4.74 Å². The van der Waals surface area contributed by atoms with E-state index in [1.165, 1.54) is 12.2 Å². The van der Waals surface area contributed by atoms with E-state index in [1.54, 1.807) is 58.9 Å². The van der Waals surface area contributed by atoms with Crippen molar-refractivity contribution in [1.29, 1.82) is 0 Å². The third kappa shape index (κ3) is 5.87. The summed E-state index contributed by atoms with van der Waals surface area (Å²) >= 11 is 0. The molecule has 0 unspecified atom stereocenters. The number of rotatable bonds is 7. The van der Waals surface area contributed by atoms with Gasteiger partial charge >= 0.3 is 5.97 Å². The lowest BCUT2D eigenvalue weighted by atomic mass is 10.1. The van der Waals surface area contributed by atoms with Crippen LogP contribution in [-0.4, -0.2) is 44.2 Å². The van der Waals surface area contributed by atoms with Crippen LogP contribution in [0.15, 0.2) is 65.6 Å². The van der Waals surface area contributed by atoms with Crippen molar-refractivity contribution in [1.82, 2.24) is 4.31 Å². The van der Waals surface area contributed by atoms with E-state index in [-0.39, 0.29) is 17.3 Å². The molecular formula is C23H25NO5S. The first-order valence-corrected chi connectivity index (χ1v) is 11.4. The summed E-state index contributed by atoms with van der Waals surface area (Å²) in [5.74, 6) is -0.916. The molecular weight excluding hydrogens is 402 g/mol. The SMILES string of the molecule is O=C(C=Cc1ccc(S(=O)(=O)N2CCCCCC2)cc1)OCC(=O)c1ccccc1. The van der Waals surface area contributed by atoms with Gasteiger partial charge in [0.2, 0.25) is 10.0 Å². The molecule has 0 N–H and O–H groups in total. The van der Waals surface area contributed by atoms with Gasteiger partial charge in [-0.25, -0.2) is 13.2 Å². The molecule has 7 heteroatoms. The van der Waals surface area contributed by atoms with E-state index in [9.17, 15) is 18.0 Å². The highest BCUT2D eigenvalue weighted by molar-refractivity contribution is 7.89. The highest BCUT2D eigenvalue weighted by Crippen LogP contribution is 2.21. The Hall–Kier alpha value is -2.77. The zero-order valence-corrected chi connectivity index (χ0v) is 17.5. The maximum absolute atomic E-state index is 12.8. The Morgan fingerprint density at radius 3 is 2.17 bits per heavy atom. The largest absolute Gasteiger partial charge is 0.454 e. The maximum Gasteiger partial charge on any atom is 0.331 e. The highest BCUT2D eigenvalue weighted by atomic mass is 32.2. The van der Waals surface area contributed by atoms with Crippen LogP contribution in [0.3, 0.4) is 0 Å². The molecule has 1 heterocycles. The summed E-state index contributed by atoms with van der Waals surface area (Å²) in [6.07, 6.45) is 6.63. The van der Waals surface area contributed by atoms with Crippen LogP contribution in [0.5, 0.6) is 0 Å². The topological polar surface area (TPSA) is 80.8 Å². The number of ether oxygens (including phenoxy) is 1. The fourth-order valence-corrected chi connectivity index (χ4v) is 4.76. The predicted octanol–water partition coefficient (Wildman–Crippen LogP) is 3.69. The molecule has 2 aromatic rings. The van der Waals surface area contributed by atoms with Gasteiger partial charge in [0.15, 0.2) is 12.4 Å². The monoisotopic (exact) mass is 427 g/mol. The molecule has 0 amide bonds. The molecule has 158 valence electrons. The Labute approximate surface area is 177 Å². The van der Waals surface area contributed by atoms with Crippen LogP contribution in [0.2, 0.25) is 0 Å². The molecule has 1 aliphatic rings. The number of Topliss-reactive ketones (excluding diaryl/α,β-unsaturated/α-hetero) is 1. The highest BCUT2D eigenvalue weighted by Gasteiger charge is 2.24. The summed E-state index contributed by atoms with van der Waals surface area (Å²) < 4.78 is 32.1. The average molecular weight is 428 g/mol. The number of hydrogen-bond acceptors (Lipinski definition) is 5. The first kappa shape index (κ1) is 21.9. The minimum atomic E-state index is -3.50. The number of esters is 1. The molecule has 0 aliphatic carbocycles. The Bertz CT molecular complexity index is 990. The molecule has 30 heavy (non-hydrogen) atoms. The van der Waals surface area contributed by atoms with Gasteiger partial charge in [-0.3, -0.25) is 4.79 Å². The molecule has 1 fully saturated rings. The zero-order valence-electron chi connectivity index (χ0n) is 16.7. The molecule has 2 aromatic carbocycles. The first-order valence-electron chi connectivity index (χ1n) is 10.00. The van der Waals surface area contributed by atoms with Crippen LogP contribution in [-0.2, 0) is 19.6 Å². The van der Waals surface area contributed by atoms with E-state index in [2.05, 4.69) is 0 Å². The van der Waals surface area contributed by atoms with E-state index in [0.717, 1.165) is 25.7 Å². The third-order valence-corrected chi connectivity index (χ3v) is 6.85. The van der Waals surface area contributed by atoms with Crippen LogP contribution in [0.4, 0.5) is 0 Å². The maximum atomic E-state index is 12.8. The number of sulfonamides is 1.